The van der Waals surface area contributed by atoms with Gasteiger partial charge >= 0.3 is 0 Å². The van der Waals surface area contributed by atoms with E-state index in [1.807, 2.05) is 36.1 Å². The smallest absolute Gasteiger partial charge is 0.147 e. The molecule has 0 atom stereocenters. The molecule has 0 radical (unpaired) electrons. The molecule has 6 heteroatoms. The third-order valence-electron chi connectivity index (χ3n) is 14.6. The molecule has 0 saturated heterocycles. The second kappa shape index (κ2) is 19.4. The first-order chi connectivity index (χ1) is 35.1. The first-order valence-corrected chi connectivity index (χ1v) is 26.8. The van der Waals surface area contributed by atoms with Gasteiger partial charge in [0.05, 0.1) is 38.8 Å². The number of nitrogens with zero attached hydrogens (tertiary/aromatic N) is 3. The third kappa shape index (κ3) is 10.7. The molecule has 4 nitrogen and oxygen atoms in total. The van der Waals surface area contributed by atoms with Crippen LogP contribution in [-0.2, 0) is 27.1 Å². The van der Waals surface area contributed by atoms with Crippen LogP contribution in [-0.4, -0.2) is 0 Å². The fourth-order valence-electron chi connectivity index (χ4n) is 9.97. The lowest BCUT2D eigenvalue weighted by Crippen LogP contribution is -2.20. The fourth-order valence-corrected chi connectivity index (χ4v) is 10.3. The maximum absolute atomic E-state index is 17.4. The van der Waals surface area contributed by atoms with E-state index in [0.717, 1.165) is 61.6 Å². The Kier molecular flexibility index (Phi) is 13.7. The lowest BCUT2D eigenvalue weighted by Gasteiger charge is -2.35. The summed E-state index contributed by atoms with van der Waals surface area (Å²) in [6, 6.07) is 57.6. The zero-order valence-corrected chi connectivity index (χ0v) is 47.9. The van der Waals surface area contributed by atoms with Crippen LogP contribution in [0.25, 0.3) is 21.9 Å². The molecule has 1 heterocycles. The van der Waals surface area contributed by atoms with Gasteiger partial charge < -0.3 is 19.1 Å². The first kappa shape index (κ1) is 53.0. The molecule has 0 aliphatic heterocycles. The van der Waals surface area contributed by atoms with Crippen molar-refractivity contribution in [2.24, 2.45) is 0 Å². The van der Waals surface area contributed by atoms with Crippen LogP contribution < -0.4 is 14.7 Å². The van der Waals surface area contributed by atoms with Crippen LogP contribution in [0.4, 0.5) is 55.6 Å². The second-order valence-electron chi connectivity index (χ2n) is 25.7. The number of rotatable bonds is 9. The number of fused-ring (bicyclic) bond motifs is 3. The molecule has 1 aromatic heterocycles. The molecule has 9 rings (SSSR count). The van der Waals surface area contributed by atoms with E-state index >= 15 is 4.39 Å². The van der Waals surface area contributed by atoms with E-state index in [9.17, 15) is 0 Å². The molecule has 0 N–H and O–H groups in total. The average molecular weight is 1020 g/mol. The minimum absolute atomic E-state index is 0.0472. The lowest BCUT2D eigenvalue weighted by molar-refractivity contribution is 0.589. The standard InChI is InChI=1S/C69H75ClFN3O/c1-44-21-38-57(56(71)39-44)74(60-41-49(69(14,15)16)40-59(64(60)70)73(52-34-26-47(27-35-52)67(8,9)10)53-36-28-48(29-37-53)68(11,12)13)54-42-58(63-55-19-17-18-20-61(55)75-62(63)43-54)72(50-30-22-45(23-31-50)65(2,3)4)51-32-24-46(25-33-51)66(5,6)7/h17-43H,1-16H3. The highest BCUT2D eigenvalue weighted by atomic mass is 35.5. The number of furan rings is 1. The SMILES string of the molecule is Cc1ccc(N(c2cc(N(c3ccc(C(C)(C)C)cc3)c3ccc(C(C)(C)C)cc3)c3c(c2)oc2ccccc23)c2cc(C(C)(C)C)cc(N(c3ccc(C(C)(C)C)cc3)c3ccc(C(C)(C)C)cc3)c2Cl)c(F)c1. The summed E-state index contributed by atoms with van der Waals surface area (Å²) in [5.74, 6) is -0.375. The van der Waals surface area contributed by atoms with E-state index in [4.69, 9.17) is 16.0 Å². The molecule has 8 aromatic carbocycles. The molecular weight excluding hydrogens is 941 g/mol. The van der Waals surface area contributed by atoms with Gasteiger partial charge in [0, 0.05) is 34.2 Å². The normalized spacial score (nSPS) is 12.7. The molecule has 0 fully saturated rings. The highest BCUT2D eigenvalue weighted by Crippen LogP contribution is 2.53. The van der Waals surface area contributed by atoms with Crippen LogP contribution in [0.3, 0.4) is 0 Å². The number of hydrogen-bond acceptors (Lipinski definition) is 4. The van der Waals surface area contributed by atoms with Gasteiger partial charge in [-0.05, 0) is 152 Å². The van der Waals surface area contributed by atoms with Crippen LogP contribution in [0.15, 0.2) is 168 Å². The van der Waals surface area contributed by atoms with Gasteiger partial charge in [0.1, 0.15) is 17.0 Å². The Bertz CT molecular complexity index is 3400. The summed E-state index contributed by atoms with van der Waals surface area (Å²) in [6.45, 7) is 35.4. The maximum atomic E-state index is 17.4. The largest absolute Gasteiger partial charge is 0.456 e. The molecule has 386 valence electrons. The van der Waals surface area contributed by atoms with Gasteiger partial charge in [-0.15, -0.1) is 0 Å². The Balaban J connectivity index is 1.38. The highest BCUT2D eigenvalue weighted by molar-refractivity contribution is 6.37. The molecule has 0 spiro atoms. The molecule has 0 bridgehead atoms. The van der Waals surface area contributed by atoms with Crippen LogP contribution in [0.1, 0.15) is 137 Å². The van der Waals surface area contributed by atoms with Crippen molar-refractivity contribution in [3.8, 4) is 0 Å². The highest BCUT2D eigenvalue weighted by Gasteiger charge is 2.31. The summed E-state index contributed by atoms with van der Waals surface area (Å²) in [7, 11) is 0. The zero-order valence-electron chi connectivity index (χ0n) is 47.1. The van der Waals surface area contributed by atoms with Crippen LogP contribution in [0.2, 0.25) is 5.02 Å². The lowest BCUT2D eigenvalue weighted by atomic mass is 9.85. The molecule has 0 saturated carbocycles. The molecule has 75 heavy (non-hydrogen) atoms. The number of hydrogen-bond donors (Lipinski definition) is 0. The minimum Gasteiger partial charge on any atom is -0.456 e. The van der Waals surface area contributed by atoms with E-state index in [-0.39, 0.29) is 32.9 Å². The maximum Gasteiger partial charge on any atom is 0.147 e. The quantitative estimate of drug-likeness (QED) is 0.144. The molecule has 0 aliphatic carbocycles. The zero-order chi connectivity index (χ0) is 54.2. The molecule has 0 amide bonds. The van der Waals surface area contributed by atoms with Crippen molar-refractivity contribution in [2.45, 2.75) is 138 Å². The van der Waals surface area contributed by atoms with Gasteiger partial charge in [0.25, 0.3) is 0 Å². The van der Waals surface area contributed by atoms with Crippen molar-refractivity contribution >= 4 is 84.7 Å². The van der Waals surface area contributed by atoms with Crippen molar-refractivity contribution in [3.05, 3.63) is 208 Å². The van der Waals surface area contributed by atoms with E-state index in [2.05, 4.69) is 247 Å². The summed E-state index contributed by atoms with van der Waals surface area (Å²) in [4.78, 5) is 6.57. The molecule has 0 unspecified atom stereocenters. The Morgan fingerprint density at radius 2 is 0.747 bits per heavy atom. The number of halogens is 2. The number of benzene rings is 8. The van der Waals surface area contributed by atoms with Crippen LogP contribution >= 0.6 is 11.6 Å². The van der Waals surface area contributed by atoms with E-state index < -0.39 is 0 Å². The van der Waals surface area contributed by atoms with Gasteiger partial charge in [-0.1, -0.05) is 188 Å². The Morgan fingerprint density at radius 1 is 0.360 bits per heavy atom. The van der Waals surface area contributed by atoms with Crippen LogP contribution in [0, 0.1) is 12.7 Å². The van der Waals surface area contributed by atoms with Gasteiger partial charge in [-0.25, -0.2) is 4.39 Å². The monoisotopic (exact) mass is 1020 g/mol. The van der Waals surface area contributed by atoms with Gasteiger partial charge in [0.15, 0.2) is 0 Å². The molecule has 0 aliphatic rings. The summed E-state index contributed by atoms with van der Waals surface area (Å²) in [5, 5.41) is 2.38. The molecular formula is C69H75ClFN3O. The van der Waals surface area contributed by atoms with Crippen molar-refractivity contribution in [1.82, 2.24) is 0 Å². The minimum atomic E-state index is -0.375. The van der Waals surface area contributed by atoms with Crippen LogP contribution in [0.5, 0.6) is 0 Å². The van der Waals surface area contributed by atoms with E-state index in [0.29, 0.717) is 27.7 Å². The average Bonchev–Trinajstić information content (AvgIpc) is 3.73. The van der Waals surface area contributed by atoms with Crippen molar-refractivity contribution < 1.29 is 8.81 Å². The second-order valence-corrected chi connectivity index (χ2v) is 26.0. The topological polar surface area (TPSA) is 22.9 Å². The predicted octanol–water partition coefficient (Wildman–Crippen LogP) is 21.6. The Morgan fingerprint density at radius 3 is 1.15 bits per heavy atom. The third-order valence-corrected chi connectivity index (χ3v) is 15.0. The van der Waals surface area contributed by atoms with Gasteiger partial charge in [-0.3, -0.25) is 0 Å². The van der Waals surface area contributed by atoms with Gasteiger partial charge in [0.2, 0.25) is 0 Å². The first-order valence-electron chi connectivity index (χ1n) is 26.5. The molecule has 9 aromatic rings. The van der Waals surface area contributed by atoms with Crippen molar-refractivity contribution in [1.29, 1.82) is 0 Å². The number of aryl methyl sites for hydroxylation is 1. The van der Waals surface area contributed by atoms with E-state index in [1.54, 1.807) is 6.07 Å². The predicted molar refractivity (Wildman–Crippen MR) is 321 cm³/mol. The van der Waals surface area contributed by atoms with Gasteiger partial charge in [-0.2, -0.15) is 0 Å². The van der Waals surface area contributed by atoms with Crippen molar-refractivity contribution in [2.75, 3.05) is 14.7 Å². The van der Waals surface area contributed by atoms with Crippen molar-refractivity contribution in [3.63, 3.8) is 0 Å². The fraction of sp³-hybridized carbons (Fsp3) is 0.304. The summed E-state index contributed by atoms with van der Waals surface area (Å²) in [6.07, 6.45) is 0. The summed E-state index contributed by atoms with van der Waals surface area (Å²) >= 11 is 8.15. The van der Waals surface area contributed by atoms with E-state index in [1.165, 1.54) is 22.3 Å². The number of anilines is 9. The number of para-hydroxylation sites is 1. The Labute approximate surface area is 451 Å². The summed E-state index contributed by atoms with van der Waals surface area (Å²) < 4.78 is 24.3. The Hall–Kier alpha value is -6.82. The summed E-state index contributed by atoms with van der Waals surface area (Å²) in [5.41, 5.74) is 14.8.